The summed E-state index contributed by atoms with van der Waals surface area (Å²) >= 11 is 0. The van der Waals surface area contributed by atoms with Gasteiger partial charge in [0, 0.05) is 107 Å². The number of carbonyl (C=O) groups excluding carboxylic acids is 1. The lowest BCUT2D eigenvalue weighted by Crippen LogP contribution is -2.60. The van der Waals surface area contributed by atoms with Gasteiger partial charge in [-0.2, -0.15) is 0 Å². The molecule has 3 aromatic heterocycles. The number of fused-ring (bicyclic) bond motifs is 1. The number of halogens is 1. The number of nitrogens with one attached hydrogen (secondary N) is 3. The van der Waals surface area contributed by atoms with Gasteiger partial charge in [0.25, 0.3) is 15.9 Å². The van der Waals surface area contributed by atoms with Gasteiger partial charge in [0.2, 0.25) is 0 Å². The summed E-state index contributed by atoms with van der Waals surface area (Å²) in [7, 11) is -1.69. The van der Waals surface area contributed by atoms with Crippen molar-refractivity contribution in [1.82, 2.24) is 29.5 Å². The molecule has 0 unspecified atom stereocenters. The van der Waals surface area contributed by atoms with Crippen LogP contribution in [0, 0.1) is 10.6 Å². The Morgan fingerprint density at radius 3 is 2.45 bits per heavy atom. The molecule has 386 valence electrons. The van der Waals surface area contributed by atoms with Crippen molar-refractivity contribution in [3.8, 4) is 17.2 Å². The molecule has 1 atom stereocenters. The predicted molar refractivity (Wildman–Crippen MR) is 281 cm³/mol. The van der Waals surface area contributed by atoms with E-state index in [1.807, 2.05) is 24.3 Å². The zero-order valence-electron chi connectivity index (χ0n) is 42.0. The Labute approximate surface area is 426 Å². The number of alkyl halides is 1. The Balaban J connectivity index is 0.836. The predicted octanol–water partition coefficient (Wildman–Crippen LogP) is 9.17. The number of methoxy groups -OCH3 is 1. The van der Waals surface area contributed by atoms with Gasteiger partial charge in [-0.1, -0.05) is 50.2 Å². The molecule has 1 amide bonds. The van der Waals surface area contributed by atoms with Crippen molar-refractivity contribution >= 4 is 44.2 Å². The highest BCUT2D eigenvalue weighted by Crippen LogP contribution is 2.53. The maximum Gasteiger partial charge on any atom is 0.268 e. The molecule has 4 fully saturated rings. The maximum atomic E-state index is 15.4. The molecule has 18 heteroatoms. The molecule has 1 aliphatic carbocycles. The number of ether oxygens (including phenoxy) is 3. The Morgan fingerprint density at radius 2 is 1.71 bits per heavy atom. The highest BCUT2D eigenvalue weighted by atomic mass is 32.2. The largest absolute Gasteiger partial charge is 0.758 e. The number of rotatable bonds is 16. The second-order valence-electron chi connectivity index (χ2n) is 20.6. The van der Waals surface area contributed by atoms with E-state index < -0.39 is 26.5 Å². The highest BCUT2D eigenvalue weighted by Gasteiger charge is 2.50. The molecule has 3 aliphatic heterocycles. The average Bonchev–Trinajstić information content (AvgIpc) is 3.86. The van der Waals surface area contributed by atoms with Crippen molar-refractivity contribution in [3.05, 3.63) is 131 Å². The topological polar surface area (TPSA) is 181 Å². The van der Waals surface area contributed by atoms with Gasteiger partial charge >= 0.3 is 0 Å². The van der Waals surface area contributed by atoms with E-state index in [0.29, 0.717) is 34.5 Å². The van der Waals surface area contributed by atoms with Crippen LogP contribution in [0.15, 0.2) is 108 Å². The Hall–Kier alpha value is -6.31. The lowest BCUT2D eigenvalue weighted by molar-refractivity contribution is -0.0628. The third-order valence-electron chi connectivity index (χ3n) is 15.5. The van der Waals surface area contributed by atoms with Crippen LogP contribution in [-0.2, 0) is 21.3 Å². The fourth-order valence-corrected chi connectivity index (χ4v) is 12.2. The summed E-state index contributed by atoms with van der Waals surface area (Å²) in [4.78, 5) is 33.1. The second kappa shape index (κ2) is 20.9. The van der Waals surface area contributed by atoms with E-state index in [2.05, 4.69) is 89.9 Å². The number of pyridine rings is 2. The summed E-state index contributed by atoms with van der Waals surface area (Å²) in [5.74, 6) is 0.869. The summed E-state index contributed by atoms with van der Waals surface area (Å²) in [5, 5.41) is 16.8. The van der Waals surface area contributed by atoms with Crippen LogP contribution in [0.5, 0.6) is 17.2 Å². The van der Waals surface area contributed by atoms with Gasteiger partial charge in [0.15, 0.2) is 0 Å². The summed E-state index contributed by atoms with van der Waals surface area (Å²) in [6, 6.07) is 28.2. The number of hydrogen-bond donors (Lipinski definition) is 3. The smallest absolute Gasteiger partial charge is 0.268 e. The Morgan fingerprint density at radius 1 is 0.945 bits per heavy atom. The van der Waals surface area contributed by atoms with Crippen LogP contribution in [-0.4, -0.2) is 117 Å². The molecule has 3 N–H and O–H groups in total. The monoisotopic (exact) mass is 1010 g/mol. The number of aromatic nitrogens is 3. The zero-order chi connectivity index (χ0) is 50.9. The molecule has 73 heavy (non-hydrogen) atoms. The van der Waals surface area contributed by atoms with Crippen molar-refractivity contribution in [2.45, 2.75) is 87.5 Å². The first kappa shape index (κ1) is 50.2. The molecule has 3 saturated heterocycles. The third-order valence-corrected chi connectivity index (χ3v) is 16.8. The van der Waals surface area contributed by atoms with Gasteiger partial charge in [0.05, 0.1) is 31.1 Å². The van der Waals surface area contributed by atoms with E-state index >= 15 is 4.39 Å². The summed E-state index contributed by atoms with van der Waals surface area (Å²) in [5.41, 5.74) is 4.15. The van der Waals surface area contributed by atoms with Gasteiger partial charge in [0.1, 0.15) is 39.3 Å². The number of hydroxylamine groups is 1. The number of hydrogen-bond acceptors (Lipinski definition) is 14. The molecule has 10 rings (SSSR count). The number of H-pyrrole nitrogens is 1. The van der Waals surface area contributed by atoms with Gasteiger partial charge in [-0.15, -0.1) is 0 Å². The van der Waals surface area contributed by atoms with Crippen LogP contribution in [0.25, 0.3) is 11.0 Å². The van der Waals surface area contributed by atoms with Crippen LogP contribution in [0.4, 0.5) is 21.6 Å². The summed E-state index contributed by atoms with van der Waals surface area (Å²) in [6.07, 6.45) is 9.02. The molecule has 0 bridgehead atoms. The molecule has 16 nitrogen and oxygen atoms in total. The number of carbonyl (C=O) groups is 1. The number of aromatic amines is 1. The summed E-state index contributed by atoms with van der Waals surface area (Å²) < 4.78 is 62.3. The fraction of sp³-hybridized carbons (Fsp3) is 0.436. The standard InChI is InChI=1S/C55H65FN9O7S/c1-37(2)45-7-5-6-8-46(45)49-35-63(34-38-9-12-42(70-4)13-10-38)23-24-65(49)41-30-54(31-41)16-21-64(22-17-54)40-11-14-47(50(28-40)72-43-27-39-15-20-57-51(39)58-32-43)53(66)61-73(68,69)44-29-48(62(3)67)52(59-33-44)60-36-55(56)18-25-71-26-19-55/h5-15,20,27-29,32-33,37,41,49H,16-19,21-26,30-31,34-36H2,1-4H3,(H,57,58)(H,59,60)(H,61,66)/q-1/t49-/m0/s1. The number of nitrogens with zero attached hydrogens (tertiary/aromatic N) is 6. The molecular formula is C55H65FN9O7S-. The van der Waals surface area contributed by atoms with E-state index in [9.17, 15) is 18.4 Å². The normalized spacial score (nSPS) is 19.4. The van der Waals surface area contributed by atoms with E-state index in [-0.39, 0.29) is 60.8 Å². The van der Waals surface area contributed by atoms with Crippen molar-refractivity contribution in [1.29, 1.82) is 0 Å². The second-order valence-corrected chi connectivity index (χ2v) is 22.3. The first-order chi connectivity index (χ1) is 35.2. The lowest BCUT2D eigenvalue weighted by Gasteiger charge is -2.58. The minimum Gasteiger partial charge on any atom is -0.758 e. The first-order valence-electron chi connectivity index (χ1n) is 25.4. The number of sulfonamides is 1. The number of piperidine rings is 1. The van der Waals surface area contributed by atoms with Crippen LogP contribution < -0.4 is 29.5 Å². The SMILES string of the molecule is COc1ccc(CN2CCN(C3CC4(CCN(c5ccc(C(=O)NS(=O)(=O)c6cnc(NCC7(F)CCOCC7)c(N(C)[O-])c6)c(Oc6cnc7[nH]ccc7c6)c5)CC4)C3)[C@H](c3ccccc3C(C)C)C2)cc1. The number of piperazine rings is 1. The van der Waals surface area contributed by atoms with E-state index in [4.69, 9.17) is 14.2 Å². The van der Waals surface area contributed by atoms with Gasteiger partial charge in [-0.3, -0.25) is 14.6 Å². The Kier molecular flexibility index (Phi) is 14.4. The minimum atomic E-state index is -4.57. The highest BCUT2D eigenvalue weighted by molar-refractivity contribution is 7.90. The van der Waals surface area contributed by atoms with Crippen LogP contribution >= 0.6 is 0 Å². The van der Waals surface area contributed by atoms with E-state index in [1.54, 1.807) is 37.7 Å². The fourth-order valence-electron chi connectivity index (χ4n) is 11.3. The number of amides is 1. The van der Waals surface area contributed by atoms with Crippen molar-refractivity contribution in [2.24, 2.45) is 5.41 Å². The molecule has 1 saturated carbocycles. The molecule has 1 spiro atoms. The summed E-state index contributed by atoms with van der Waals surface area (Å²) in [6.45, 7) is 10.5. The lowest BCUT2D eigenvalue weighted by atomic mass is 9.59. The van der Waals surface area contributed by atoms with Crippen LogP contribution in [0.2, 0.25) is 0 Å². The first-order valence-corrected chi connectivity index (χ1v) is 26.8. The van der Waals surface area contributed by atoms with E-state index in [0.717, 1.165) is 94.0 Å². The maximum absolute atomic E-state index is 15.4. The van der Waals surface area contributed by atoms with Gasteiger partial charge in [-0.25, -0.2) is 27.5 Å². The van der Waals surface area contributed by atoms with Crippen molar-refractivity contribution in [2.75, 3.05) is 81.9 Å². The van der Waals surface area contributed by atoms with Crippen molar-refractivity contribution < 1.29 is 31.8 Å². The average molecular weight is 1020 g/mol. The molecule has 0 radical (unpaired) electrons. The quantitative estimate of drug-likeness (QED) is 0.0781. The zero-order valence-corrected chi connectivity index (χ0v) is 42.8. The van der Waals surface area contributed by atoms with Crippen LogP contribution in [0.1, 0.15) is 91.4 Å². The van der Waals surface area contributed by atoms with Gasteiger partial charge in [-0.05, 0) is 103 Å². The van der Waals surface area contributed by atoms with E-state index in [1.165, 1.54) is 23.7 Å². The molecular weight excluding hydrogens is 950 g/mol. The number of benzene rings is 3. The number of anilines is 3. The molecule has 6 heterocycles. The van der Waals surface area contributed by atoms with Crippen molar-refractivity contribution in [3.63, 3.8) is 0 Å². The molecule has 4 aliphatic rings. The Bertz CT molecular complexity index is 3020. The van der Waals surface area contributed by atoms with Gasteiger partial charge < -0.3 is 39.7 Å². The third kappa shape index (κ3) is 11.0. The molecule has 3 aromatic carbocycles. The van der Waals surface area contributed by atoms with Crippen LogP contribution in [0.3, 0.4) is 0 Å². The molecule has 6 aromatic rings. The minimum absolute atomic E-state index is 0.0128.